The lowest BCUT2D eigenvalue weighted by Gasteiger charge is -2.36. The van der Waals surface area contributed by atoms with E-state index < -0.39 is 0 Å². The van der Waals surface area contributed by atoms with Crippen molar-refractivity contribution in [3.05, 3.63) is 0 Å². The van der Waals surface area contributed by atoms with E-state index in [9.17, 15) is 4.79 Å². The fourth-order valence-corrected chi connectivity index (χ4v) is 3.04. The van der Waals surface area contributed by atoms with Crippen LogP contribution >= 0.6 is 0 Å². The first-order chi connectivity index (χ1) is 7.32. The van der Waals surface area contributed by atoms with Crippen LogP contribution in [0.2, 0.25) is 0 Å². The number of urea groups is 1. The van der Waals surface area contributed by atoms with Crippen molar-refractivity contribution >= 4 is 6.03 Å². The van der Waals surface area contributed by atoms with Gasteiger partial charge in [-0.2, -0.15) is 0 Å². The number of nitrogens with one attached hydrogen (secondary N) is 2. The minimum atomic E-state index is 0.141. The Kier molecular flexibility index (Phi) is 2.12. The molecule has 3 aliphatic rings. The Hall–Kier alpha value is -0.770. The summed E-state index contributed by atoms with van der Waals surface area (Å²) in [5.74, 6) is 0. The number of carbonyl (C=O) groups is 1. The molecule has 4 nitrogen and oxygen atoms in total. The molecule has 1 saturated carbocycles. The lowest BCUT2D eigenvalue weighted by atomic mass is 9.90. The number of hydrogen-bond donors (Lipinski definition) is 2. The molecule has 1 unspecified atom stereocenters. The molecule has 0 aromatic carbocycles. The van der Waals surface area contributed by atoms with Crippen molar-refractivity contribution in [3.63, 3.8) is 0 Å². The van der Waals surface area contributed by atoms with Gasteiger partial charge in [-0.05, 0) is 45.2 Å². The van der Waals surface area contributed by atoms with Crippen molar-refractivity contribution in [2.24, 2.45) is 0 Å². The summed E-state index contributed by atoms with van der Waals surface area (Å²) in [7, 11) is 0. The van der Waals surface area contributed by atoms with Crippen molar-refractivity contribution in [2.45, 2.75) is 43.7 Å². The maximum absolute atomic E-state index is 11.8. The van der Waals surface area contributed by atoms with Crippen molar-refractivity contribution < 1.29 is 4.79 Å². The van der Waals surface area contributed by atoms with Gasteiger partial charge in [0.2, 0.25) is 0 Å². The minimum Gasteiger partial charge on any atom is -0.336 e. The SMILES string of the molecule is O=C1NCC2(CCCNCC2)N1C1CC1. The highest BCUT2D eigenvalue weighted by molar-refractivity contribution is 5.78. The summed E-state index contributed by atoms with van der Waals surface area (Å²) in [4.78, 5) is 14.0. The number of rotatable bonds is 1. The third kappa shape index (κ3) is 1.51. The normalized spacial score (nSPS) is 36.8. The second-order valence-corrected chi connectivity index (χ2v) is 5.09. The molecule has 3 rings (SSSR count). The molecule has 84 valence electrons. The lowest BCUT2D eigenvalue weighted by molar-refractivity contribution is 0.137. The molecule has 3 fully saturated rings. The van der Waals surface area contributed by atoms with Gasteiger partial charge in [0.1, 0.15) is 0 Å². The first-order valence-corrected chi connectivity index (χ1v) is 6.10. The summed E-state index contributed by atoms with van der Waals surface area (Å²) in [6.07, 6.45) is 5.89. The molecule has 2 heterocycles. The van der Waals surface area contributed by atoms with E-state index in [0.717, 1.165) is 32.5 Å². The smallest absolute Gasteiger partial charge is 0.318 e. The number of carbonyl (C=O) groups excluding carboxylic acids is 1. The van der Waals surface area contributed by atoms with E-state index >= 15 is 0 Å². The fraction of sp³-hybridized carbons (Fsp3) is 0.909. The zero-order valence-corrected chi connectivity index (χ0v) is 9.09. The van der Waals surface area contributed by atoms with Crippen LogP contribution in [0.25, 0.3) is 0 Å². The van der Waals surface area contributed by atoms with Crippen LogP contribution in [0.5, 0.6) is 0 Å². The summed E-state index contributed by atoms with van der Waals surface area (Å²) < 4.78 is 0. The van der Waals surface area contributed by atoms with Crippen LogP contribution in [0.4, 0.5) is 4.79 Å². The molecule has 15 heavy (non-hydrogen) atoms. The average molecular weight is 209 g/mol. The second-order valence-electron chi connectivity index (χ2n) is 5.09. The molecule has 2 N–H and O–H groups in total. The van der Waals surface area contributed by atoms with Gasteiger partial charge < -0.3 is 15.5 Å². The van der Waals surface area contributed by atoms with Gasteiger partial charge >= 0.3 is 6.03 Å². The Labute approximate surface area is 90.4 Å². The summed E-state index contributed by atoms with van der Waals surface area (Å²) in [5.41, 5.74) is 0.141. The summed E-state index contributed by atoms with van der Waals surface area (Å²) in [5, 5.41) is 6.47. The maximum Gasteiger partial charge on any atom is 0.318 e. The molecular weight excluding hydrogens is 190 g/mol. The quantitative estimate of drug-likeness (QED) is 0.667. The molecule has 1 aliphatic carbocycles. The molecule has 1 spiro atoms. The highest BCUT2D eigenvalue weighted by Gasteiger charge is 2.50. The van der Waals surface area contributed by atoms with E-state index in [0.29, 0.717) is 6.04 Å². The lowest BCUT2D eigenvalue weighted by Crippen LogP contribution is -2.48. The van der Waals surface area contributed by atoms with E-state index in [1.54, 1.807) is 0 Å². The van der Waals surface area contributed by atoms with Gasteiger partial charge in [0.25, 0.3) is 0 Å². The Morgan fingerprint density at radius 2 is 2.13 bits per heavy atom. The zero-order valence-electron chi connectivity index (χ0n) is 9.09. The number of hydrogen-bond acceptors (Lipinski definition) is 2. The molecule has 0 aromatic heterocycles. The molecule has 2 saturated heterocycles. The topological polar surface area (TPSA) is 44.4 Å². The molecule has 2 amide bonds. The van der Waals surface area contributed by atoms with Crippen LogP contribution in [-0.4, -0.2) is 42.1 Å². The maximum atomic E-state index is 11.8. The van der Waals surface area contributed by atoms with E-state index in [-0.39, 0.29) is 11.6 Å². The van der Waals surface area contributed by atoms with E-state index in [1.807, 2.05) is 0 Å². The van der Waals surface area contributed by atoms with Gasteiger partial charge in [-0.1, -0.05) is 0 Å². The molecule has 0 radical (unpaired) electrons. The molecule has 1 atom stereocenters. The van der Waals surface area contributed by atoms with Crippen LogP contribution in [-0.2, 0) is 0 Å². The Balaban J connectivity index is 1.84. The second kappa shape index (κ2) is 3.37. The van der Waals surface area contributed by atoms with Gasteiger partial charge in [0, 0.05) is 12.6 Å². The van der Waals surface area contributed by atoms with Gasteiger partial charge in [-0.15, -0.1) is 0 Å². The minimum absolute atomic E-state index is 0.141. The summed E-state index contributed by atoms with van der Waals surface area (Å²) in [6.45, 7) is 3.02. The highest BCUT2D eigenvalue weighted by atomic mass is 16.2. The molecule has 4 heteroatoms. The van der Waals surface area contributed by atoms with Crippen LogP contribution in [0.1, 0.15) is 32.1 Å². The van der Waals surface area contributed by atoms with Crippen molar-refractivity contribution in [1.82, 2.24) is 15.5 Å². The molecular formula is C11H19N3O. The monoisotopic (exact) mass is 209 g/mol. The summed E-state index contributed by atoms with van der Waals surface area (Å²) >= 11 is 0. The Morgan fingerprint density at radius 1 is 1.27 bits per heavy atom. The Morgan fingerprint density at radius 3 is 2.93 bits per heavy atom. The molecule has 0 aromatic rings. The van der Waals surface area contributed by atoms with Gasteiger partial charge in [0.05, 0.1) is 5.54 Å². The highest BCUT2D eigenvalue weighted by Crippen LogP contribution is 2.39. The van der Waals surface area contributed by atoms with Crippen LogP contribution in [0.3, 0.4) is 0 Å². The number of amides is 2. The zero-order chi connectivity index (χ0) is 10.3. The van der Waals surface area contributed by atoms with E-state index in [2.05, 4.69) is 15.5 Å². The van der Waals surface area contributed by atoms with Crippen LogP contribution < -0.4 is 10.6 Å². The van der Waals surface area contributed by atoms with Gasteiger partial charge in [-0.3, -0.25) is 0 Å². The third-order valence-corrected chi connectivity index (χ3v) is 3.97. The summed E-state index contributed by atoms with van der Waals surface area (Å²) in [6, 6.07) is 0.727. The standard InChI is InChI=1S/C11H19N3O/c15-10-13-8-11(14(10)9-2-3-9)4-1-6-12-7-5-11/h9,12H,1-8H2,(H,13,15). The van der Waals surface area contributed by atoms with Gasteiger partial charge in [-0.25, -0.2) is 4.79 Å². The predicted molar refractivity (Wildman–Crippen MR) is 57.7 cm³/mol. The van der Waals surface area contributed by atoms with E-state index in [1.165, 1.54) is 19.3 Å². The fourth-order valence-electron chi connectivity index (χ4n) is 3.04. The third-order valence-electron chi connectivity index (χ3n) is 3.97. The largest absolute Gasteiger partial charge is 0.336 e. The predicted octanol–water partition coefficient (Wildman–Crippen LogP) is 0.686. The van der Waals surface area contributed by atoms with Crippen LogP contribution in [0.15, 0.2) is 0 Å². The average Bonchev–Trinajstić information content (AvgIpc) is 3.00. The van der Waals surface area contributed by atoms with Crippen molar-refractivity contribution in [2.75, 3.05) is 19.6 Å². The number of nitrogens with zero attached hydrogens (tertiary/aromatic N) is 1. The van der Waals surface area contributed by atoms with Crippen molar-refractivity contribution in [3.8, 4) is 0 Å². The first kappa shape index (κ1) is 9.46. The first-order valence-electron chi connectivity index (χ1n) is 6.10. The van der Waals surface area contributed by atoms with Crippen molar-refractivity contribution in [1.29, 1.82) is 0 Å². The molecule has 0 bridgehead atoms. The molecule has 2 aliphatic heterocycles. The van der Waals surface area contributed by atoms with Crippen LogP contribution in [0, 0.1) is 0 Å². The Bertz CT molecular complexity index is 267. The van der Waals surface area contributed by atoms with Gasteiger partial charge in [0.15, 0.2) is 0 Å². The van der Waals surface area contributed by atoms with E-state index in [4.69, 9.17) is 0 Å².